The smallest absolute Gasteiger partial charge is 0.381 e. The molecule has 0 spiro atoms. The summed E-state index contributed by atoms with van der Waals surface area (Å²) in [5.74, 6) is 0. The summed E-state index contributed by atoms with van der Waals surface area (Å²) < 4.78 is 42.9. The van der Waals surface area contributed by atoms with Crippen molar-refractivity contribution in [2.45, 2.75) is 45.2 Å². The van der Waals surface area contributed by atoms with Gasteiger partial charge in [-0.25, -0.2) is 0 Å². The first-order valence-corrected chi connectivity index (χ1v) is 6.78. The molecular weight excluding hydrogens is 253 g/mol. The summed E-state index contributed by atoms with van der Waals surface area (Å²) in [6, 6.07) is 5.44. The molecule has 0 fully saturated rings. The fourth-order valence-electron chi connectivity index (χ4n) is 1.83. The van der Waals surface area contributed by atoms with Gasteiger partial charge in [0, 0.05) is 6.61 Å². The van der Waals surface area contributed by atoms with Crippen molar-refractivity contribution in [3.05, 3.63) is 35.4 Å². The molecule has 0 aliphatic rings. The Kier molecular flexibility index (Phi) is 6.92. The Labute approximate surface area is 112 Å². The minimum Gasteiger partial charge on any atom is -0.381 e. The van der Waals surface area contributed by atoms with Crippen LogP contribution < -0.4 is 0 Å². The second kappa shape index (κ2) is 8.20. The topological polar surface area (TPSA) is 9.23 Å². The van der Waals surface area contributed by atoms with Crippen molar-refractivity contribution < 1.29 is 17.9 Å². The summed E-state index contributed by atoms with van der Waals surface area (Å²) in [7, 11) is 0. The van der Waals surface area contributed by atoms with Gasteiger partial charge in [0.15, 0.2) is 0 Å². The molecule has 0 aromatic heterocycles. The quantitative estimate of drug-likeness (QED) is 0.616. The third-order valence-corrected chi connectivity index (χ3v) is 2.93. The molecule has 0 radical (unpaired) electrons. The van der Waals surface area contributed by atoms with Crippen LogP contribution >= 0.6 is 0 Å². The molecule has 108 valence electrons. The van der Waals surface area contributed by atoms with Crippen molar-refractivity contribution in [3.63, 3.8) is 0 Å². The van der Waals surface area contributed by atoms with Crippen molar-refractivity contribution in [2.24, 2.45) is 0 Å². The molecule has 0 aliphatic carbocycles. The number of benzene rings is 1. The summed E-state index contributed by atoms with van der Waals surface area (Å²) in [6.45, 7) is 3.32. The Morgan fingerprint density at radius 1 is 1.05 bits per heavy atom. The van der Waals surface area contributed by atoms with Crippen LogP contribution in [0.4, 0.5) is 13.2 Å². The van der Waals surface area contributed by atoms with Crippen LogP contribution in [-0.4, -0.2) is 13.2 Å². The first kappa shape index (κ1) is 16.0. The van der Waals surface area contributed by atoms with E-state index in [1.807, 2.05) is 0 Å². The van der Waals surface area contributed by atoms with Crippen LogP contribution in [0.15, 0.2) is 24.3 Å². The molecule has 19 heavy (non-hydrogen) atoms. The van der Waals surface area contributed by atoms with Gasteiger partial charge in [-0.1, -0.05) is 44.4 Å². The Morgan fingerprint density at radius 2 is 1.84 bits per heavy atom. The predicted molar refractivity (Wildman–Crippen MR) is 70.1 cm³/mol. The van der Waals surface area contributed by atoms with E-state index in [9.17, 15) is 13.2 Å². The molecule has 0 heterocycles. The highest BCUT2D eigenvalue weighted by atomic mass is 19.4. The van der Waals surface area contributed by atoms with Gasteiger partial charge >= 0.3 is 6.18 Å². The zero-order valence-electron chi connectivity index (χ0n) is 11.3. The van der Waals surface area contributed by atoms with Crippen molar-refractivity contribution in [1.29, 1.82) is 0 Å². The SMILES string of the molecule is CCCCCCOCCc1cccc(C(F)(F)F)c1. The van der Waals surface area contributed by atoms with E-state index < -0.39 is 11.7 Å². The number of ether oxygens (including phenoxy) is 1. The molecule has 1 rings (SSSR count). The third-order valence-electron chi connectivity index (χ3n) is 2.93. The van der Waals surface area contributed by atoms with Crippen molar-refractivity contribution in [2.75, 3.05) is 13.2 Å². The van der Waals surface area contributed by atoms with Gasteiger partial charge in [-0.2, -0.15) is 13.2 Å². The van der Waals surface area contributed by atoms with Gasteiger partial charge < -0.3 is 4.74 Å². The van der Waals surface area contributed by atoms with E-state index >= 15 is 0 Å². The lowest BCUT2D eigenvalue weighted by Gasteiger charge is -2.09. The second-order valence-corrected chi connectivity index (χ2v) is 4.62. The number of unbranched alkanes of at least 4 members (excludes halogenated alkanes) is 3. The normalized spacial score (nSPS) is 11.8. The molecule has 0 saturated carbocycles. The third kappa shape index (κ3) is 6.62. The zero-order chi connectivity index (χ0) is 14.1. The Morgan fingerprint density at radius 3 is 2.53 bits per heavy atom. The molecule has 0 unspecified atom stereocenters. The highest BCUT2D eigenvalue weighted by Crippen LogP contribution is 2.29. The van der Waals surface area contributed by atoms with Crippen LogP contribution in [0.2, 0.25) is 0 Å². The van der Waals surface area contributed by atoms with Gasteiger partial charge in [-0.05, 0) is 24.5 Å². The standard InChI is InChI=1S/C15H21F3O/c1-2-3-4-5-10-19-11-9-13-7-6-8-14(12-13)15(16,17)18/h6-8,12H,2-5,9-11H2,1H3. The minimum atomic E-state index is -4.27. The fraction of sp³-hybridized carbons (Fsp3) is 0.600. The highest BCUT2D eigenvalue weighted by molar-refractivity contribution is 5.25. The Hall–Kier alpha value is -1.03. The zero-order valence-corrected chi connectivity index (χ0v) is 11.3. The summed E-state index contributed by atoms with van der Waals surface area (Å²) in [6.07, 6.45) is 0.826. The van der Waals surface area contributed by atoms with E-state index in [4.69, 9.17) is 4.74 Å². The number of rotatable bonds is 8. The van der Waals surface area contributed by atoms with Crippen molar-refractivity contribution in [1.82, 2.24) is 0 Å². The van der Waals surface area contributed by atoms with E-state index in [0.717, 1.165) is 18.9 Å². The molecular formula is C15H21F3O. The average Bonchev–Trinajstić information content (AvgIpc) is 2.37. The summed E-state index contributed by atoms with van der Waals surface area (Å²) in [5.41, 5.74) is 0.0799. The summed E-state index contributed by atoms with van der Waals surface area (Å²) in [4.78, 5) is 0. The molecule has 0 atom stereocenters. The minimum absolute atomic E-state index is 0.480. The number of hydrogen-bond acceptors (Lipinski definition) is 1. The molecule has 4 heteroatoms. The van der Waals surface area contributed by atoms with Gasteiger partial charge in [0.2, 0.25) is 0 Å². The Balaban J connectivity index is 2.26. The predicted octanol–water partition coefficient (Wildman–Crippen LogP) is 4.84. The van der Waals surface area contributed by atoms with Gasteiger partial charge in [-0.3, -0.25) is 0 Å². The van der Waals surface area contributed by atoms with Crippen molar-refractivity contribution >= 4 is 0 Å². The maximum Gasteiger partial charge on any atom is 0.416 e. The highest BCUT2D eigenvalue weighted by Gasteiger charge is 2.30. The van der Waals surface area contributed by atoms with Gasteiger partial charge in [0.1, 0.15) is 0 Å². The van der Waals surface area contributed by atoms with Crippen LogP contribution in [0.1, 0.15) is 43.7 Å². The van der Waals surface area contributed by atoms with Crippen LogP contribution in [0, 0.1) is 0 Å². The maximum atomic E-state index is 12.5. The largest absolute Gasteiger partial charge is 0.416 e. The molecule has 1 nitrogen and oxygen atoms in total. The van der Waals surface area contributed by atoms with Gasteiger partial charge in [-0.15, -0.1) is 0 Å². The van der Waals surface area contributed by atoms with Crippen LogP contribution in [0.25, 0.3) is 0 Å². The van der Waals surface area contributed by atoms with E-state index in [2.05, 4.69) is 6.92 Å². The molecule has 0 N–H and O–H groups in total. The first-order chi connectivity index (χ1) is 9.04. The molecule has 0 amide bonds. The molecule has 1 aromatic rings. The number of alkyl halides is 3. The lowest BCUT2D eigenvalue weighted by Crippen LogP contribution is -2.06. The van der Waals surface area contributed by atoms with Gasteiger partial charge in [0.25, 0.3) is 0 Å². The lowest BCUT2D eigenvalue weighted by molar-refractivity contribution is -0.137. The first-order valence-electron chi connectivity index (χ1n) is 6.78. The molecule has 0 aliphatic heterocycles. The van der Waals surface area contributed by atoms with E-state index in [1.165, 1.54) is 25.0 Å². The van der Waals surface area contributed by atoms with E-state index in [0.29, 0.717) is 25.2 Å². The van der Waals surface area contributed by atoms with Crippen LogP contribution in [-0.2, 0) is 17.3 Å². The second-order valence-electron chi connectivity index (χ2n) is 4.62. The number of halogens is 3. The van der Waals surface area contributed by atoms with E-state index in [1.54, 1.807) is 6.07 Å². The summed E-state index contributed by atoms with van der Waals surface area (Å²) in [5, 5.41) is 0. The van der Waals surface area contributed by atoms with Crippen molar-refractivity contribution in [3.8, 4) is 0 Å². The monoisotopic (exact) mass is 274 g/mol. The Bertz CT molecular complexity index is 361. The fourth-order valence-corrected chi connectivity index (χ4v) is 1.83. The van der Waals surface area contributed by atoms with Gasteiger partial charge in [0.05, 0.1) is 12.2 Å². The lowest BCUT2D eigenvalue weighted by atomic mass is 10.1. The van der Waals surface area contributed by atoms with Crippen LogP contribution in [0.5, 0.6) is 0 Å². The molecule has 0 bridgehead atoms. The van der Waals surface area contributed by atoms with E-state index in [-0.39, 0.29) is 0 Å². The van der Waals surface area contributed by atoms with Crippen LogP contribution in [0.3, 0.4) is 0 Å². The molecule has 0 saturated heterocycles. The average molecular weight is 274 g/mol. The summed E-state index contributed by atoms with van der Waals surface area (Å²) >= 11 is 0. The maximum absolute atomic E-state index is 12.5. The number of hydrogen-bond donors (Lipinski definition) is 0. The molecule has 1 aromatic carbocycles.